The molecule has 0 saturated carbocycles. The van der Waals surface area contributed by atoms with Crippen LogP contribution in [0.15, 0.2) is 42.5 Å². The number of nitrogens with zero attached hydrogens (tertiary/aromatic N) is 2. The lowest BCUT2D eigenvalue weighted by Crippen LogP contribution is -2.50. The summed E-state index contributed by atoms with van der Waals surface area (Å²) in [5.41, 5.74) is 1.20. The van der Waals surface area contributed by atoms with Gasteiger partial charge in [-0.05, 0) is 62.1 Å². The number of carbonyl (C=O) groups excluding carboxylic acids is 2. The first-order chi connectivity index (χ1) is 18.4. The van der Waals surface area contributed by atoms with Crippen LogP contribution in [0.1, 0.15) is 52.0 Å². The summed E-state index contributed by atoms with van der Waals surface area (Å²) in [5, 5.41) is 3.27. The van der Waals surface area contributed by atoms with E-state index < -0.39 is 16.1 Å². The number of ether oxygens (including phenoxy) is 2. The largest absolute Gasteiger partial charge is 0.497 e. The number of benzene rings is 2. The number of nitrogens with one attached hydrogen (secondary N) is 1. The van der Waals surface area contributed by atoms with Gasteiger partial charge in [0.15, 0.2) is 0 Å². The Labute approximate surface area is 237 Å². The molecule has 0 heterocycles. The van der Waals surface area contributed by atoms with Gasteiger partial charge in [0.05, 0.1) is 31.2 Å². The zero-order valence-electron chi connectivity index (χ0n) is 23.6. The SMILES string of the molecule is CCC(C)NC(=O)C(CC)N(Cc1cccc(OC)c1)C(=O)CCCN(c1ccc(OC)c(Cl)c1)S(C)(=O)=O. The Balaban J connectivity index is 2.27. The number of methoxy groups -OCH3 is 2. The van der Waals surface area contributed by atoms with Crippen molar-refractivity contribution < 1.29 is 27.5 Å². The molecule has 0 aliphatic heterocycles. The first kappa shape index (κ1) is 32.2. The van der Waals surface area contributed by atoms with Crippen LogP contribution >= 0.6 is 11.6 Å². The van der Waals surface area contributed by atoms with Gasteiger partial charge < -0.3 is 19.7 Å². The molecular weight excluding hydrogens is 542 g/mol. The molecule has 11 heteroatoms. The van der Waals surface area contributed by atoms with Gasteiger partial charge in [-0.2, -0.15) is 0 Å². The maximum Gasteiger partial charge on any atom is 0.243 e. The van der Waals surface area contributed by atoms with E-state index in [0.29, 0.717) is 23.6 Å². The summed E-state index contributed by atoms with van der Waals surface area (Å²) in [6, 6.07) is 11.4. The van der Waals surface area contributed by atoms with Crippen molar-refractivity contribution in [2.24, 2.45) is 0 Å². The van der Waals surface area contributed by atoms with Gasteiger partial charge in [-0.3, -0.25) is 13.9 Å². The Bertz CT molecular complexity index is 1220. The highest BCUT2D eigenvalue weighted by Gasteiger charge is 2.29. The van der Waals surface area contributed by atoms with E-state index in [-0.39, 0.29) is 48.8 Å². The highest BCUT2D eigenvalue weighted by Crippen LogP contribution is 2.30. The minimum absolute atomic E-state index is 0.0278. The number of sulfonamides is 1. The van der Waals surface area contributed by atoms with Crippen molar-refractivity contribution in [1.82, 2.24) is 10.2 Å². The van der Waals surface area contributed by atoms with Crippen molar-refractivity contribution in [2.75, 3.05) is 31.3 Å². The number of anilines is 1. The van der Waals surface area contributed by atoms with Crippen LogP contribution in [0.2, 0.25) is 5.02 Å². The molecule has 0 spiro atoms. The molecule has 1 N–H and O–H groups in total. The van der Waals surface area contributed by atoms with Gasteiger partial charge in [0.25, 0.3) is 0 Å². The molecule has 2 atom stereocenters. The second-order valence-electron chi connectivity index (χ2n) is 9.37. The fourth-order valence-corrected chi connectivity index (χ4v) is 5.35. The molecular formula is C28H40ClN3O6S. The second-order valence-corrected chi connectivity index (χ2v) is 11.7. The van der Waals surface area contributed by atoms with Crippen molar-refractivity contribution in [3.63, 3.8) is 0 Å². The number of hydrogen-bond donors (Lipinski definition) is 1. The quantitative estimate of drug-likeness (QED) is 0.329. The Hall–Kier alpha value is -2.98. The van der Waals surface area contributed by atoms with Crippen molar-refractivity contribution in [3.8, 4) is 11.5 Å². The van der Waals surface area contributed by atoms with Gasteiger partial charge in [0, 0.05) is 25.6 Å². The molecule has 2 aromatic rings. The predicted molar refractivity (Wildman–Crippen MR) is 155 cm³/mol. The summed E-state index contributed by atoms with van der Waals surface area (Å²) >= 11 is 6.22. The van der Waals surface area contributed by atoms with Crippen LogP contribution in [0, 0.1) is 0 Å². The molecule has 2 rings (SSSR count). The maximum absolute atomic E-state index is 13.6. The van der Waals surface area contributed by atoms with Crippen LogP contribution in [-0.2, 0) is 26.2 Å². The predicted octanol–water partition coefficient (Wildman–Crippen LogP) is 4.63. The minimum atomic E-state index is -3.65. The van der Waals surface area contributed by atoms with E-state index in [4.69, 9.17) is 21.1 Å². The highest BCUT2D eigenvalue weighted by atomic mass is 35.5. The molecule has 0 fully saturated rings. The van der Waals surface area contributed by atoms with Crippen LogP contribution < -0.4 is 19.1 Å². The molecule has 2 unspecified atom stereocenters. The van der Waals surface area contributed by atoms with Gasteiger partial charge in [-0.15, -0.1) is 0 Å². The third-order valence-electron chi connectivity index (χ3n) is 6.45. The lowest BCUT2D eigenvalue weighted by atomic mass is 10.1. The molecule has 0 aliphatic rings. The second kappa shape index (κ2) is 15.0. The number of carbonyl (C=O) groups is 2. The van der Waals surface area contributed by atoms with Gasteiger partial charge in [0.1, 0.15) is 17.5 Å². The molecule has 0 aromatic heterocycles. The van der Waals surface area contributed by atoms with Gasteiger partial charge >= 0.3 is 0 Å². The summed E-state index contributed by atoms with van der Waals surface area (Å²) in [6.45, 7) is 6.05. The van der Waals surface area contributed by atoms with E-state index in [1.807, 2.05) is 45.0 Å². The van der Waals surface area contributed by atoms with Gasteiger partial charge in [-0.25, -0.2) is 8.42 Å². The average Bonchev–Trinajstić information content (AvgIpc) is 2.90. The van der Waals surface area contributed by atoms with Crippen molar-refractivity contribution >= 4 is 39.1 Å². The van der Waals surface area contributed by atoms with Crippen LogP contribution in [0.25, 0.3) is 0 Å². The lowest BCUT2D eigenvalue weighted by Gasteiger charge is -2.32. The third-order valence-corrected chi connectivity index (χ3v) is 7.94. The number of hydrogen-bond acceptors (Lipinski definition) is 6. The molecule has 9 nitrogen and oxygen atoms in total. The Morgan fingerprint density at radius 3 is 2.33 bits per heavy atom. The average molecular weight is 582 g/mol. The highest BCUT2D eigenvalue weighted by molar-refractivity contribution is 7.92. The van der Waals surface area contributed by atoms with Crippen LogP contribution in [-0.4, -0.2) is 64.2 Å². The molecule has 2 aromatic carbocycles. The molecule has 0 bridgehead atoms. The third kappa shape index (κ3) is 9.32. The molecule has 39 heavy (non-hydrogen) atoms. The first-order valence-corrected chi connectivity index (χ1v) is 15.2. The molecule has 216 valence electrons. The fourth-order valence-electron chi connectivity index (χ4n) is 4.14. The van der Waals surface area contributed by atoms with Crippen molar-refractivity contribution in [3.05, 3.63) is 53.1 Å². The molecule has 0 radical (unpaired) electrons. The Kier molecular flexibility index (Phi) is 12.4. The number of halogens is 1. The summed E-state index contributed by atoms with van der Waals surface area (Å²) in [5.74, 6) is 0.622. The molecule has 0 aliphatic carbocycles. The summed E-state index contributed by atoms with van der Waals surface area (Å²) < 4.78 is 36.8. The molecule has 2 amide bonds. The van der Waals surface area contributed by atoms with Crippen LogP contribution in [0.4, 0.5) is 5.69 Å². The summed E-state index contributed by atoms with van der Waals surface area (Å²) in [4.78, 5) is 28.3. The number of rotatable bonds is 15. The van der Waals surface area contributed by atoms with Gasteiger partial charge in [0.2, 0.25) is 21.8 Å². The van der Waals surface area contributed by atoms with E-state index in [1.165, 1.54) is 17.5 Å². The Morgan fingerprint density at radius 2 is 1.77 bits per heavy atom. The van der Waals surface area contributed by atoms with Crippen molar-refractivity contribution in [2.45, 2.75) is 65.1 Å². The smallest absolute Gasteiger partial charge is 0.243 e. The zero-order valence-corrected chi connectivity index (χ0v) is 25.1. The lowest BCUT2D eigenvalue weighted by molar-refractivity contribution is -0.141. The van der Waals surface area contributed by atoms with Crippen LogP contribution in [0.3, 0.4) is 0 Å². The normalized spacial score (nSPS) is 12.8. The van der Waals surface area contributed by atoms with E-state index >= 15 is 0 Å². The van der Waals surface area contributed by atoms with Crippen molar-refractivity contribution in [1.29, 1.82) is 0 Å². The maximum atomic E-state index is 13.6. The minimum Gasteiger partial charge on any atom is -0.497 e. The van der Waals surface area contributed by atoms with E-state index in [0.717, 1.165) is 18.2 Å². The monoisotopic (exact) mass is 581 g/mol. The fraction of sp³-hybridized carbons (Fsp3) is 0.500. The van der Waals surface area contributed by atoms with Crippen LogP contribution in [0.5, 0.6) is 11.5 Å². The van der Waals surface area contributed by atoms with Gasteiger partial charge in [-0.1, -0.05) is 37.6 Å². The summed E-state index contributed by atoms with van der Waals surface area (Å²) in [7, 11) is -0.602. The topological polar surface area (TPSA) is 105 Å². The summed E-state index contributed by atoms with van der Waals surface area (Å²) in [6.07, 6.45) is 2.59. The zero-order chi connectivity index (χ0) is 29.2. The van der Waals surface area contributed by atoms with E-state index in [2.05, 4.69) is 5.32 Å². The first-order valence-electron chi connectivity index (χ1n) is 13.0. The molecule has 0 saturated heterocycles. The van der Waals surface area contributed by atoms with E-state index in [9.17, 15) is 18.0 Å². The Morgan fingerprint density at radius 1 is 1.05 bits per heavy atom. The number of amides is 2. The standard InChI is InChI=1S/C28H40ClN3O6S/c1-7-20(3)30-28(34)25(8-2)31(19-21-11-9-12-23(17-21)37-4)27(33)13-10-16-32(39(6,35)36)22-14-15-26(38-5)24(29)18-22/h9,11-12,14-15,17-18,20,25H,7-8,10,13,16,19H2,1-6H3,(H,30,34). The van der Waals surface area contributed by atoms with E-state index in [1.54, 1.807) is 24.1 Å².